The number of phenols is 1. The van der Waals surface area contributed by atoms with Gasteiger partial charge in [0.25, 0.3) is 0 Å². The van der Waals surface area contributed by atoms with Crippen molar-refractivity contribution in [3.05, 3.63) is 145 Å². The number of aromatic nitrogens is 3. The maximum absolute atomic E-state index is 10.4. The fourth-order valence-corrected chi connectivity index (χ4v) is 5.89. The normalized spacial score (nSPS) is 11.1. The van der Waals surface area contributed by atoms with Crippen LogP contribution >= 0.6 is 0 Å². The third-order valence-corrected chi connectivity index (χ3v) is 7.99. The fraction of sp³-hybridized carbons (Fsp3) is 0.0256. The molecule has 3 heterocycles. The van der Waals surface area contributed by atoms with E-state index in [2.05, 4.69) is 82.3 Å². The number of nitrogens with zero attached hydrogens (tertiary/aromatic N) is 3. The van der Waals surface area contributed by atoms with E-state index in [0.717, 1.165) is 61.0 Å². The Kier molecular flexibility index (Phi) is 7.40. The van der Waals surface area contributed by atoms with Crippen molar-refractivity contribution in [3.8, 4) is 45.6 Å². The molecule has 0 aliphatic rings. The molecule has 5 nitrogen and oxygen atoms in total. The average molecular weight is 764 g/mol. The number of fused-ring (bicyclic) bond motifs is 4. The van der Waals surface area contributed by atoms with E-state index < -0.39 is 0 Å². The van der Waals surface area contributed by atoms with Crippen LogP contribution < -0.4 is 4.74 Å². The molecule has 0 aliphatic carbocycles. The van der Waals surface area contributed by atoms with Crippen LogP contribution in [-0.4, -0.2) is 19.6 Å². The van der Waals surface area contributed by atoms with Crippen LogP contribution in [0, 0.1) is 13.0 Å². The van der Waals surface area contributed by atoms with Crippen molar-refractivity contribution in [2.75, 3.05) is 0 Å². The summed E-state index contributed by atoms with van der Waals surface area (Å²) in [6.45, 7) is 1.98. The largest absolute Gasteiger partial charge is 0.506 e. The standard InChI is InChI=1S/C39H26N3O2.Pt/c1-25-21-38(41-39-30(25)16-10-18-36(39)43)44-29-19-20-32-31-15-8-9-17-34(31)42(35(32)24-29)37-23-28(26-11-4-2-5-12-26)22-33(40-37)27-13-6-3-7-14-27;/h2-23,43H,1H3;/q-1;. The van der Waals surface area contributed by atoms with Crippen LogP contribution in [0.1, 0.15) is 5.56 Å². The number of phenolic OH excluding ortho intramolecular Hbond substituents is 1. The van der Waals surface area contributed by atoms with E-state index in [0.29, 0.717) is 17.1 Å². The van der Waals surface area contributed by atoms with E-state index in [4.69, 9.17) is 9.72 Å². The van der Waals surface area contributed by atoms with Crippen LogP contribution in [0.4, 0.5) is 0 Å². The first-order chi connectivity index (χ1) is 21.6. The SMILES string of the molecule is Cc1cc(Oc2[c-]c3c(cc2)c2ccccc2n3-c2cc(-c3ccccc3)cc(-c3ccccc3)n2)nc2c(O)cccc12.[Pt]. The van der Waals surface area contributed by atoms with E-state index in [9.17, 15) is 5.11 Å². The summed E-state index contributed by atoms with van der Waals surface area (Å²) in [4.78, 5) is 9.82. The van der Waals surface area contributed by atoms with Crippen molar-refractivity contribution >= 4 is 32.7 Å². The van der Waals surface area contributed by atoms with Gasteiger partial charge < -0.3 is 14.4 Å². The number of aromatic hydroxyl groups is 1. The molecular formula is C39H26N3O2Pt-. The third-order valence-electron chi connectivity index (χ3n) is 7.99. The number of rotatable bonds is 5. The van der Waals surface area contributed by atoms with Crippen LogP contribution in [0.15, 0.2) is 133 Å². The molecule has 0 saturated heterocycles. The quantitative estimate of drug-likeness (QED) is 0.178. The summed E-state index contributed by atoms with van der Waals surface area (Å²) in [5.74, 6) is 1.82. The van der Waals surface area contributed by atoms with Crippen molar-refractivity contribution in [2.24, 2.45) is 0 Å². The van der Waals surface area contributed by atoms with Gasteiger partial charge in [0, 0.05) is 49.3 Å². The van der Waals surface area contributed by atoms with Crippen LogP contribution in [0.3, 0.4) is 0 Å². The van der Waals surface area contributed by atoms with Gasteiger partial charge in [0.2, 0.25) is 5.88 Å². The van der Waals surface area contributed by atoms with Crippen LogP contribution in [0.5, 0.6) is 17.4 Å². The number of hydrogen-bond donors (Lipinski definition) is 1. The molecule has 0 bridgehead atoms. The van der Waals surface area contributed by atoms with Crippen molar-refractivity contribution in [2.45, 2.75) is 6.92 Å². The Morgan fingerprint density at radius 3 is 2.16 bits per heavy atom. The Balaban J connectivity index is 0.00000325. The fourth-order valence-electron chi connectivity index (χ4n) is 5.89. The Labute approximate surface area is 274 Å². The molecule has 0 amide bonds. The molecule has 45 heavy (non-hydrogen) atoms. The zero-order valence-electron chi connectivity index (χ0n) is 24.2. The Morgan fingerprint density at radius 2 is 1.36 bits per heavy atom. The van der Waals surface area contributed by atoms with Gasteiger partial charge in [-0.2, -0.15) is 6.07 Å². The minimum atomic E-state index is 0. The molecule has 0 radical (unpaired) electrons. The summed E-state index contributed by atoms with van der Waals surface area (Å²) in [6.07, 6.45) is 0. The van der Waals surface area contributed by atoms with Crippen LogP contribution in [0.2, 0.25) is 0 Å². The van der Waals surface area contributed by atoms with E-state index >= 15 is 0 Å². The first-order valence-electron chi connectivity index (χ1n) is 14.5. The van der Waals surface area contributed by atoms with E-state index in [1.165, 1.54) is 0 Å². The van der Waals surface area contributed by atoms with Gasteiger partial charge in [-0.3, -0.25) is 0 Å². The number of pyridine rings is 2. The topological polar surface area (TPSA) is 60.2 Å². The zero-order valence-corrected chi connectivity index (χ0v) is 26.5. The number of benzene rings is 5. The molecule has 0 aliphatic heterocycles. The maximum atomic E-state index is 10.4. The average Bonchev–Trinajstić information content (AvgIpc) is 3.39. The van der Waals surface area contributed by atoms with Gasteiger partial charge in [0.15, 0.2) is 0 Å². The van der Waals surface area contributed by atoms with Crippen LogP contribution in [0.25, 0.3) is 60.9 Å². The summed E-state index contributed by atoms with van der Waals surface area (Å²) < 4.78 is 8.45. The molecule has 3 aromatic heterocycles. The van der Waals surface area contributed by atoms with Gasteiger partial charge in [-0.1, -0.05) is 96.5 Å². The second-order valence-electron chi connectivity index (χ2n) is 10.8. The first kappa shape index (κ1) is 28.5. The van der Waals surface area contributed by atoms with Gasteiger partial charge in [-0.05, 0) is 53.3 Å². The van der Waals surface area contributed by atoms with Gasteiger partial charge in [-0.25, -0.2) is 9.97 Å². The van der Waals surface area contributed by atoms with Crippen molar-refractivity contribution in [1.82, 2.24) is 14.5 Å². The second kappa shape index (κ2) is 11.7. The number of ether oxygens (including phenoxy) is 1. The smallest absolute Gasteiger partial charge is 0.217 e. The molecule has 6 heteroatoms. The zero-order chi connectivity index (χ0) is 29.6. The first-order valence-corrected chi connectivity index (χ1v) is 14.5. The molecule has 0 saturated carbocycles. The molecule has 8 aromatic rings. The third kappa shape index (κ3) is 5.16. The Bertz CT molecular complexity index is 2280. The van der Waals surface area contributed by atoms with Gasteiger partial charge in [0.05, 0.1) is 5.69 Å². The van der Waals surface area contributed by atoms with E-state index in [-0.39, 0.29) is 26.8 Å². The van der Waals surface area contributed by atoms with Gasteiger partial charge in [-0.15, -0.1) is 17.5 Å². The van der Waals surface area contributed by atoms with E-state index in [1.807, 2.05) is 67.6 Å². The van der Waals surface area contributed by atoms with E-state index in [1.54, 1.807) is 6.07 Å². The monoisotopic (exact) mass is 763 g/mol. The summed E-state index contributed by atoms with van der Waals surface area (Å²) >= 11 is 0. The Morgan fingerprint density at radius 1 is 0.644 bits per heavy atom. The molecule has 220 valence electrons. The van der Waals surface area contributed by atoms with Crippen molar-refractivity contribution < 1.29 is 30.9 Å². The minimum absolute atomic E-state index is 0. The molecular weight excluding hydrogens is 738 g/mol. The van der Waals surface area contributed by atoms with Gasteiger partial charge >= 0.3 is 0 Å². The molecule has 0 fully saturated rings. The summed E-state index contributed by atoms with van der Waals surface area (Å²) in [6, 6.07) is 48.0. The van der Waals surface area contributed by atoms with Crippen molar-refractivity contribution in [1.29, 1.82) is 0 Å². The van der Waals surface area contributed by atoms with Crippen molar-refractivity contribution in [3.63, 3.8) is 0 Å². The second-order valence-corrected chi connectivity index (χ2v) is 10.8. The predicted molar refractivity (Wildman–Crippen MR) is 177 cm³/mol. The maximum Gasteiger partial charge on any atom is 0.217 e. The van der Waals surface area contributed by atoms with Crippen LogP contribution in [-0.2, 0) is 21.1 Å². The summed E-state index contributed by atoms with van der Waals surface area (Å²) in [5, 5.41) is 13.5. The minimum Gasteiger partial charge on any atom is -0.506 e. The molecule has 0 atom stereocenters. The number of para-hydroxylation sites is 2. The molecule has 1 N–H and O–H groups in total. The van der Waals surface area contributed by atoms with Gasteiger partial charge in [0.1, 0.15) is 17.1 Å². The number of hydrogen-bond acceptors (Lipinski definition) is 4. The Hall–Kier alpha value is -5.25. The summed E-state index contributed by atoms with van der Waals surface area (Å²) in [7, 11) is 0. The molecule has 8 rings (SSSR count). The molecule has 0 spiro atoms. The number of aryl methyl sites for hydroxylation is 1. The molecule has 5 aromatic carbocycles. The predicted octanol–water partition coefficient (Wildman–Crippen LogP) is 9.66. The summed E-state index contributed by atoms with van der Waals surface area (Å²) in [5.41, 5.74) is 7.46. The molecule has 0 unspecified atom stereocenters.